The average molecular weight is 597 g/mol. The maximum Gasteiger partial charge on any atom is 0.303 e. The number of ether oxygens (including phenoxy) is 3. The van der Waals surface area contributed by atoms with Crippen LogP contribution in [-0.4, -0.2) is 76.6 Å². The van der Waals surface area contributed by atoms with E-state index >= 15 is 0 Å². The van der Waals surface area contributed by atoms with Gasteiger partial charge in [-0.1, -0.05) is 59.8 Å². The zero-order chi connectivity index (χ0) is 30.7. The summed E-state index contributed by atoms with van der Waals surface area (Å²) < 4.78 is 31.0. The fourth-order valence-corrected chi connectivity index (χ4v) is 6.44. The Morgan fingerprint density at radius 1 is 0.800 bits per heavy atom. The van der Waals surface area contributed by atoms with Crippen LogP contribution in [0, 0.1) is 0 Å². The molecule has 2 rings (SSSR count). The fourth-order valence-electron chi connectivity index (χ4n) is 3.90. The van der Waals surface area contributed by atoms with Crippen LogP contribution in [0.25, 0.3) is 0 Å². The molecule has 0 unspecified atom stereocenters. The third-order valence-corrected chi connectivity index (χ3v) is 17.5. The van der Waals surface area contributed by atoms with Gasteiger partial charge in [0, 0.05) is 6.92 Å². The third kappa shape index (κ3) is 8.73. The first-order valence-corrected chi connectivity index (χ1v) is 19.8. The Hall–Kier alpha value is -1.54. The predicted molar refractivity (Wildman–Crippen MR) is 162 cm³/mol. The molecule has 1 aliphatic rings. The normalized spacial score (nSPS) is 27.4. The van der Waals surface area contributed by atoms with E-state index in [2.05, 4.69) is 67.7 Å². The van der Waals surface area contributed by atoms with Crippen molar-refractivity contribution in [1.29, 1.82) is 0 Å². The van der Waals surface area contributed by atoms with Crippen LogP contribution >= 0.6 is 0 Å². The second-order valence-corrected chi connectivity index (χ2v) is 23.3. The van der Waals surface area contributed by atoms with Crippen molar-refractivity contribution in [3.8, 4) is 5.75 Å². The zero-order valence-corrected chi connectivity index (χ0v) is 28.5. The number of aliphatic hydroxyl groups is 2. The highest BCUT2D eigenvalue weighted by atomic mass is 28.4. The SMILES string of the molecule is COc1ccc(CO[C@@H]2[C@@H](O)[C@@H](O)[C@H](OC(C)=O)/C=C\[C@@H](O[Si](C)(C)C(C)(C)C)[C@@H]2O[Si](C)(C)C(C)(C)C)cc1. The van der Waals surface area contributed by atoms with Crippen molar-refractivity contribution in [3.05, 3.63) is 42.0 Å². The Balaban J connectivity index is 2.64. The standard InChI is InChI=1S/C30H52O8Si2/c1-20(31)36-23-17-18-24(37-39(9,10)29(2,3)4)27(38-40(11,12)30(5,6)7)28(26(33)25(23)32)35-19-21-13-15-22(34-8)16-14-21/h13-18,23-28,32-33H,19H2,1-12H3/b18-17-/t23-,24-,25+,26+,27+,28-/m1/s1. The molecule has 0 fully saturated rings. The van der Waals surface area contributed by atoms with Gasteiger partial charge >= 0.3 is 5.97 Å². The minimum absolute atomic E-state index is 0.0996. The Morgan fingerprint density at radius 3 is 1.77 bits per heavy atom. The first-order chi connectivity index (χ1) is 18.2. The van der Waals surface area contributed by atoms with Crippen molar-refractivity contribution in [2.24, 2.45) is 0 Å². The van der Waals surface area contributed by atoms with Crippen LogP contribution in [0.4, 0.5) is 0 Å². The maximum absolute atomic E-state index is 11.9. The Bertz CT molecular complexity index is 994. The summed E-state index contributed by atoms with van der Waals surface area (Å²) in [7, 11) is -3.17. The van der Waals surface area contributed by atoms with Crippen LogP contribution < -0.4 is 4.74 Å². The topological polar surface area (TPSA) is 104 Å². The fraction of sp³-hybridized carbons (Fsp3) is 0.700. The summed E-state index contributed by atoms with van der Waals surface area (Å²) in [5, 5.41) is 22.6. The molecule has 2 N–H and O–H groups in total. The number of methoxy groups -OCH3 is 1. The number of benzene rings is 1. The molecule has 0 spiro atoms. The van der Waals surface area contributed by atoms with Gasteiger partial charge in [-0.15, -0.1) is 0 Å². The molecule has 228 valence electrons. The van der Waals surface area contributed by atoms with Gasteiger partial charge in [0.25, 0.3) is 0 Å². The van der Waals surface area contributed by atoms with Crippen molar-refractivity contribution < 1.29 is 38.1 Å². The second-order valence-electron chi connectivity index (χ2n) is 13.7. The predicted octanol–water partition coefficient (Wildman–Crippen LogP) is 5.58. The highest BCUT2D eigenvalue weighted by molar-refractivity contribution is 6.74. The number of esters is 1. The lowest BCUT2D eigenvalue weighted by Gasteiger charge is -2.48. The maximum atomic E-state index is 11.9. The summed E-state index contributed by atoms with van der Waals surface area (Å²) in [6.07, 6.45) is -2.83. The number of rotatable bonds is 9. The van der Waals surface area contributed by atoms with E-state index in [9.17, 15) is 15.0 Å². The van der Waals surface area contributed by atoms with Crippen LogP contribution in [0.1, 0.15) is 54.0 Å². The van der Waals surface area contributed by atoms with E-state index in [0.717, 1.165) is 11.3 Å². The van der Waals surface area contributed by atoms with Gasteiger partial charge in [0.1, 0.15) is 36.3 Å². The molecule has 1 aromatic carbocycles. The second kappa shape index (κ2) is 13.2. The third-order valence-electron chi connectivity index (χ3n) is 8.54. The quantitative estimate of drug-likeness (QED) is 0.216. The molecule has 0 aromatic heterocycles. The smallest absolute Gasteiger partial charge is 0.303 e. The molecular formula is C30H52O8Si2. The molecule has 0 amide bonds. The van der Waals surface area contributed by atoms with E-state index in [4.69, 9.17) is 23.1 Å². The van der Waals surface area contributed by atoms with E-state index in [1.807, 2.05) is 30.3 Å². The van der Waals surface area contributed by atoms with Crippen molar-refractivity contribution in [1.82, 2.24) is 0 Å². The molecule has 6 atom stereocenters. The van der Waals surface area contributed by atoms with Gasteiger partial charge < -0.3 is 33.3 Å². The van der Waals surface area contributed by atoms with Crippen molar-refractivity contribution in [2.45, 2.75) is 128 Å². The molecule has 0 bridgehead atoms. The van der Waals surface area contributed by atoms with Crippen molar-refractivity contribution >= 4 is 22.6 Å². The Morgan fingerprint density at radius 2 is 1.30 bits per heavy atom. The zero-order valence-electron chi connectivity index (χ0n) is 26.5. The summed E-state index contributed by atoms with van der Waals surface area (Å²) in [4.78, 5) is 11.9. The van der Waals surface area contributed by atoms with Crippen LogP contribution in [-0.2, 0) is 29.7 Å². The number of hydrogen-bond acceptors (Lipinski definition) is 8. The van der Waals surface area contributed by atoms with E-state index in [1.165, 1.54) is 6.92 Å². The van der Waals surface area contributed by atoms with Gasteiger partial charge in [-0.05, 0) is 60.0 Å². The minimum Gasteiger partial charge on any atom is -0.497 e. The molecule has 1 aliphatic carbocycles. The molecule has 40 heavy (non-hydrogen) atoms. The van der Waals surface area contributed by atoms with E-state index in [1.54, 1.807) is 13.2 Å². The average Bonchev–Trinajstić information content (AvgIpc) is 2.82. The number of carbonyl (C=O) groups excluding carboxylic acids is 1. The Kier molecular flexibility index (Phi) is 11.4. The highest BCUT2D eigenvalue weighted by Crippen LogP contribution is 2.42. The number of carbonyl (C=O) groups is 1. The highest BCUT2D eigenvalue weighted by Gasteiger charge is 2.50. The lowest BCUT2D eigenvalue weighted by Crippen LogP contribution is -2.61. The molecule has 0 aliphatic heterocycles. The molecule has 0 saturated carbocycles. The summed E-state index contributed by atoms with van der Waals surface area (Å²) in [5.41, 5.74) is 0.865. The first kappa shape index (κ1) is 34.7. The minimum atomic E-state index is -2.42. The summed E-state index contributed by atoms with van der Waals surface area (Å²) in [6, 6.07) is 7.46. The monoisotopic (exact) mass is 596 g/mol. The van der Waals surface area contributed by atoms with E-state index < -0.39 is 59.2 Å². The molecular weight excluding hydrogens is 544 g/mol. The summed E-state index contributed by atoms with van der Waals surface area (Å²) in [6.45, 7) is 23.0. The van der Waals surface area contributed by atoms with Crippen molar-refractivity contribution in [3.63, 3.8) is 0 Å². The van der Waals surface area contributed by atoms with Gasteiger partial charge in [0.05, 0.1) is 19.8 Å². The molecule has 0 heterocycles. The van der Waals surface area contributed by atoms with E-state index in [-0.39, 0.29) is 16.7 Å². The van der Waals surface area contributed by atoms with Gasteiger partial charge in [-0.3, -0.25) is 4.79 Å². The van der Waals surface area contributed by atoms with Crippen LogP contribution in [0.2, 0.25) is 36.3 Å². The first-order valence-electron chi connectivity index (χ1n) is 14.0. The van der Waals surface area contributed by atoms with E-state index in [0.29, 0.717) is 0 Å². The molecule has 8 nitrogen and oxygen atoms in total. The van der Waals surface area contributed by atoms with Gasteiger partial charge in [0.2, 0.25) is 0 Å². The van der Waals surface area contributed by atoms with Gasteiger partial charge in [-0.25, -0.2) is 0 Å². The largest absolute Gasteiger partial charge is 0.497 e. The van der Waals surface area contributed by atoms with Gasteiger partial charge in [-0.2, -0.15) is 0 Å². The number of hydrogen-bond donors (Lipinski definition) is 2. The summed E-state index contributed by atoms with van der Waals surface area (Å²) >= 11 is 0. The Labute approximate surface area is 243 Å². The molecule has 10 heteroatoms. The number of aliphatic hydroxyl groups excluding tert-OH is 2. The lowest BCUT2D eigenvalue weighted by molar-refractivity contribution is -0.178. The molecule has 0 saturated heterocycles. The van der Waals surface area contributed by atoms with Crippen molar-refractivity contribution in [2.75, 3.05) is 7.11 Å². The van der Waals surface area contributed by atoms with Crippen LogP contribution in [0.15, 0.2) is 36.4 Å². The van der Waals surface area contributed by atoms with Gasteiger partial charge in [0.15, 0.2) is 16.6 Å². The summed E-state index contributed by atoms with van der Waals surface area (Å²) in [5.74, 6) is 0.162. The molecule has 1 aromatic rings. The molecule has 0 radical (unpaired) electrons. The van der Waals surface area contributed by atoms with Crippen LogP contribution in [0.5, 0.6) is 5.75 Å². The lowest BCUT2D eigenvalue weighted by atomic mass is 9.92. The van der Waals surface area contributed by atoms with Crippen LogP contribution in [0.3, 0.4) is 0 Å².